The quantitative estimate of drug-likeness (QED) is 0.667. The van der Waals surface area contributed by atoms with E-state index in [-0.39, 0.29) is 6.54 Å². The minimum atomic E-state index is -1.29. The molecule has 3 nitrogen and oxygen atoms in total. The zero-order chi connectivity index (χ0) is 18.3. The lowest BCUT2D eigenvalue weighted by Crippen LogP contribution is -2.44. The van der Waals surface area contributed by atoms with E-state index in [1.165, 1.54) is 6.92 Å². The maximum atomic E-state index is 14.9. The molecule has 0 saturated heterocycles. The number of ether oxygens (including phenoxy) is 1. The van der Waals surface area contributed by atoms with E-state index in [1.54, 1.807) is 13.8 Å². The van der Waals surface area contributed by atoms with Gasteiger partial charge in [0.15, 0.2) is 6.17 Å². The summed E-state index contributed by atoms with van der Waals surface area (Å²) in [6, 6.07) is 20.0. The summed E-state index contributed by atoms with van der Waals surface area (Å²) in [5.41, 5.74) is 1.09. The van der Waals surface area contributed by atoms with Gasteiger partial charge in [0, 0.05) is 26.6 Å². The van der Waals surface area contributed by atoms with Crippen LogP contribution in [-0.2, 0) is 22.6 Å². The molecule has 134 valence electrons. The molecule has 0 saturated carbocycles. The molecule has 2 aromatic carbocycles. The number of carbonyl (C=O) groups excluding carboxylic acids is 1. The molecule has 0 unspecified atom stereocenters. The third kappa shape index (κ3) is 6.31. The van der Waals surface area contributed by atoms with Gasteiger partial charge in [-0.15, -0.1) is 0 Å². The molecule has 0 aliphatic rings. The molecule has 0 spiro atoms. The molecular formula is C21H26FNO2. The third-order valence-corrected chi connectivity index (χ3v) is 4.08. The second kappa shape index (κ2) is 8.77. The number of halogens is 1. The fourth-order valence-corrected chi connectivity index (χ4v) is 2.75. The zero-order valence-electron chi connectivity index (χ0n) is 15.1. The predicted molar refractivity (Wildman–Crippen MR) is 97.7 cm³/mol. The lowest BCUT2D eigenvalue weighted by molar-refractivity contribution is -0.161. The molecule has 0 fully saturated rings. The van der Waals surface area contributed by atoms with Crippen LogP contribution in [0.15, 0.2) is 60.7 Å². The summed E-state index contributed by atoms with van der Waals surface area (Å²) >= 11 is 0. The molecule has 0 aliphatic heterocycles. The van der Waals surface area contributed by atoms with Crippen molar-refractivity contribution in [3.05, 3.63) is 71.8 Å². The molecule has 0 aliphatic carbocycles. The first-order valence-electron chi connectivity index (χ1n) is 8.50. The summed E-state index contributed by atoms with van der Waals surface area (Å²) in [5.74, 6) is -0.467. The fourth-order valence-electron chi connectivity index (χ4n) is 2.75. The molecule has 0 amide bonds. The Kier molecular flexibility index (Phi) is 6.71. The Bertz CT molecular complexity index is 617. The van der Waals surface area contributed by atoms with E-state index < -0.39 is 17.7 Å². The number of hydrogen-bond acceptors (Lipinski definition) is 3. The van der Waals surface area contributed by atoms with Crippen LogP contribution in [0.5, 0.6) is 0 Å². The van der Waals surface area contributed by atoms with Crippen LogP contribution in [0.25, 0.3) is 0 Å². The van der Waals surface area contributed by atoms with E-state index in [0.717, 1.165) is 11.1 Å². The number of rotatable bonds is 8. The number of carbonyl (C=O) groups is 1. The maximum Gasteiger partial charge on any atom is 0.303 e. The fraction of sp³-hybridized carbons (Fsp3) is 0.381. The Morgan fingerprint density at radius 3 is 1.84 bits per heavy atom. The van der Waals surface area contributed by atoms with Crippen molar-refractivity contribution in [2.45, 2.75) is 45.6 Å². The average molecular weight is 343 g/mol. The Labute approximate surface area is 149 Å². The summed E-state index contributed by atoms with van der Waals surface area (Å²) in [7, 11) is 0. The molecular weight excluding hydrogens is 317 g/mol. The highest BCUT2D eigenvalue weighted by molar-refractivity contribution is 5.66. The molecule has 0 bridgehead atoms. The van der Waals surface area contributed by atoms with Crippen LogP contribution in [0, 0.1) is 0 Å². The SMILES string of the molecule is CC(=O)OC(C)(C)[C@H](F)CN(Cc1ccccc1)Cc1ccccc1. The van der Waals surface area contributed by atoms with E-state index >= 15 is 0 Å². The number of esters is 1. The second-order valence-electron chi connectivity index (χ2n) is 6.81. The maximum absolute atomic E-state index is 14.9. The number of benzene rings is 2. The van der Waals surface area contributed by atoms with Crippen molar-refractivity contribution >= 4 is 5.97 Å². The molecule has 2 aromatic rings. The van der Waals surface area contributed by atoms with Crippen molar-refractivity contribution in [1.82, 2.24) is 4.90 Å². The molecule has 25 heavy (non-hydrogen) atoms. The van der Waals surface area contributed by atoms with Gasteiger partial charge in [-0.1, -0.05) is 60.7 Å². The first-order valence-corrected chi connectivity index (χ1v) is 8.50. The van der Waals surface area contributed by atoms with Crippen molar-refractivity contribution < 1.29 is 13.9 Å². The van der Waals surface area contributed by atoms with Gasteiger partial charge >= 0.3 is 5.97 Å². The summed E-state index contributed by atoms with van der Waals surface area (Å²) in [5, 5.41) is 0. The van der Waals surface area contributed by atoms with Gasteiger partial charge in [0.2, 0.25) is 0 Å². The number of nitrogens with zero attached hydrogens (tertiary/aromatic N) is 1. The van der Waals surface area contributed by atoms with Crippen LogP contribution in [0.4, 0.5) is 4.39 Å². The van der Waals surface area contributed by atoms with Gasteiger partial charge in [-0.25, -0.2) is 4.39 Å². The van der Waals surface area contributed by atoms with Gasteiger partial charge in [-0.2, -0.15) is 0 Å². The van der Waals surface area contributed by atoms with E-state index in [2.05, 4.69) is 0 Å². The molecule has 0 heterocycles. The first-order chi connectivity index (χ1) is 11.9. The lowest BCUT2D eigenvalue weighted by atomic mass is 10.0. The highest BCUT2D eigenvalue weighted by atomic mass is 19.1. The van der Waals surface area contributed by atoms with Crippen LogP contribution in [0.2, 0.25) is 0 Å². The Hall–Kier alpha value is -2.20. The van der Waals surface area contributed by atoms with Gasteiger partial charge in [0.25, 0.3) is 0 Å². The summed E-state index contributed by atoms with van der Waals surface area (Å²) in [6.45, 7) is 5.98. The minimum absolute atomic E-state index is 0.185. The van der Waals surface area contributed by atoms with Gasteiger partial charge in [-0.3, -0.25) is 9.69 Å². The standard InChI is InChI=1S/C21H26FNO2/c1-17(24)25-21(2,3)20(22)16-23(14-18-10-6-4-7-11-18)15-19-12-8-5-9-13-19/h4-13,20H,14-16H2,1-3H3/t20-/m1/s1. The van der Waals surface area contributed by atoms with Gasteiger partial charge in [0.1, 0.15) is 5.60 Å². The van der Waals surface area contributed by atoms with Crippen molar-refractivity contribution in [2.75, 3.05) is 6.54 Å². The molecule has 0 N–H and O–H groups in total. The normalized spacial score (nSPS) is 12.8. The molecule has 1 atom stereocenters. The van der Waals surface area contributed by atoms with Gasteiger partial charge in [-0.05, 0) is 25.0 Å². The monoisotopic (exact) mass is 343 g/mol. The van der Waals surface area contributed by atoms with Gasteiger partial charge in [0.05, 0.1) is 0 Å². The van der Waals surface area contributed by atoms with Crippen LogP contribution in [-0.4, -0.2) is 29.2 Å². The van der Waals surface area contributed by atoms with Crippen molar-refractivity contribution in [1.29, 1.82) is 0 Å². The third-order valence-electron chi connectivity index (χ3n) is 4.08. The van der Waals surface area contributed by atoms with Crippen LogP contribution >= 0.6 is 0 Å². The van der Waals surface area contributed by atoms with Crippen molar-refractivity contribution in [3.8, 4) is 0 Å². The molecule has 4 heteroatoms. The molecule has 0 radical (unpaired) electrons. The topological polar surface area (TPSA) is 29.5 Å². The smallest absolute Gasteiger partial charge is 0.303 e. The highest BCUT2D eigenvalue weighted by Crippen LogP contribution is 2.21. The van der Waals surface area contributed by atoms with Crippen molar-refractivity contribution in [3.63, 3.8) is 0 Å². The van der Waals surface area contributed by atoms with Crippen LogP contribution < -0.4 is 0 Å². The van der Waals surface area contributed by atoms with E-state index in [9.17, 15) is 9.18 Å². The minimum Gasteiger partial charge on any atom is -0.457 e. The first kappa shape index (κ1) is 19.1. The average Bonchev–Trinajstić information content (AvgIpc) is 2.55. The molecule has 0 aromatic heterocycles. The zero-order valence-corrected chi connectivity index (χ0v) is 15.1. The van der Waals surface area contributed by atoms with E-state index in [1.807, 2.05) is 65.6 Å². The number of hydrogen-bond donors (Lipinski definition) is 0. The van der Waals surface area contributed by atoms with Gasteiger partial charge < -0.3 is 4.74 Å². The summed E-state index contributed by atoms with van der Waals surface area (Å²) in [6.07, 6.45) is -1.29. The second-order valence-corrected chi connectivity index (χ2v) is 6.81. The molecule has 2 rings (SSSR count). The van der Waals surface area contributed by atoms with E-state index in [4.69, 9.17) is 4.74 Å². The Balaban J connectivity index is 2.11. The van der Waals surface area contributed by atoms with Crippen LogP contribution in [0.3, 0.4) is 0 Å². The largest absolute Gasteiger partial charge is 0.457 e. The Morgan fingerprint density at radius 2 is 1.44 bits per heavy atom. The highest BCUT2D eigenvalue weighted by Gasteiger charge is 2.34. The number of alkyl halides is 1. The lowest BCUT2D eigenvalue weighted by Gasteiger charge is -2.32. The summed E-state index contributed by atoms with van der Waals surface area (Å²) < 4.78 is 20.0. The van der Waals surface area contributed by atoms with Crippen molar-refractivity contribution in [2.24, 2.45) is 0 Å². The van der Waals surface area contributed by atoms with Crippen LogP contribution in [0.1, 0.15) is 31.9 Å². The predicted octanol–water partition coefficient (Wildman–Crippen LogP) is 4.37. The Morgan fingerprint density at radius 1 is 1.00 bits per heavy atom. The van der Waals surface area contributed by atoms with E-state index in [0.29, 0.717) is 13.1 Å². The summed E-state index contributed by atoms with van der Waals surface area (Å²) in [4.78, 5) is 13.3.